The van der Waals surface area contributed by atoms with Crippen molar-refractivity contribution in [1.82, 2.24) is 9.38 Å². The Morgan fingerprint density at radius 2 is 2.25 bits per heavy atom. The van der Waals surface area contributed by atoms with Gasteiger partial charge in [0.2, 0.25) is 0 Å². The van der Waals surface area contributed by atoms with Crippen molar-refractivity contribution in [2.24, 2.45) is 0 Å². The summed E-state index contributed by atoms with van der Waals surface area (Å²) in [6.45, 7) is 0. The van der Waals surface area contributed by atoms with Gasteiger partial charge in [0.25, 0.3) is 0 Å². The minimum Gasteiger partial charge on any atom is -0.305 e. The van der Waals surface area contributed by atoms with Crippen molar-refractivity contribution < 1.29 is 0 Å². The standard InChI is InChI=1S/C8H4IN3/c9-6-1-2-8-11-7(3-10)5-12(8)4-6/h1-2,4-5H. The van der Waals surface area contributed by atoms with Gasteiger partial charge in [0, 0.05) is 16.0 Å². The second kappa shape index (κ2) is 2.75. The van der Waals surface area contributed by atoms with Crippen LogP contribution in [0.3, 0.4) is 0 Å². The van der Waals surface area contributed by atoms with Gasteiger partial charge in [-0.1, -0.05) is 0 Å². The van der Waals surface area contributed by atoms with Crippen molar-refractivity contribution in [3.05, 3.63) is 33.8 Å². The lowest BCUT2D eigenvalue weighted by Gasteiger charge is -1.91. The monoisotopic (exact) mass is 269 g/mol. The number of halogens is 1. The lowest BCUT2D eigenvalue weighted by Crippen LogP contribution is -1.82. The number of aromatic nitrogens is 2. The molecule has 0 amide bonds. The molecule has 0 unspecified atom stereocenters. The van der Waals surface area contributed by atoms with Gasteiger partial charge in [-0.3, -0.25) is 0 Å². The maximum absolute atomic E-state index is 8.58. The summed E-state index contributed by atoms with van der Waals surface area (Å²) in [4.78, 5) is 4.07. The number of imidazole rings is 1. The van der Waals surface area contributed by atoms with Gasteiger partial charge in [0.15, 0.2) is 5.69 Å². The highest BCUT2D eigenvalue weighted by molar-refractivity contribution is 14.1. The topological polar surface area (TPSA) is 41.1 Å². The molecule has 0 radical (unpaired) electrons. The molecule has 0 N–H and O–H groups in total. The molecule has 12 heavy (non-hydrogen) atoms. The first-order valence-corrected chi connectivity index (χ1v) is 4.42. The van der Waals surface area contributed by atoms with Gasteiger partial charge < -0.3 is 4.40 Å². The Morgan fingerprint density at radius 1 is 1.42 bits per heavy atom. The molecule has 0 aliphatic heterocycles. The van der Waals surface area contributed by atoms with E-state index < -0.39 is 0 Å². The zero-order chi connectivity index (χ0) is 8.55. The number of fused-ring (bicyclic) bond motifs is 1. The number of rotatable bonds is 0. The number of pyridine rings is 1. The van der Waals surface area contributed by atoms with Gasteiger partial charge >= 0.3 is 0 Å². The van der Waals surface area contributed by atoms with Gasteiger partial charge in [0.1, 0.15) is 11.7 Å². The zero-order valence-corrected chi connectivity index (χ0v) is 8.19. The molecule has 0 saturated heterocycles. The van der Waals surface area contributed by atoms with E-state index >= 15 is 0 Å². The van der Waals surface area contributed by atoms with Crippen LogP contribution in [0, 0.1) is 14.9 Å². The number of nitrogens with zero attached hydrogens (tertiary/aromatic N) is 3. The van der Waals surface area contributed by atoms with Crippen LogP contribution < -0.4 is 0 Å². The van der Waals surface area contributed by atoms with E-state index in [1.165, 1.54) is 0 Å². The molecule has 58 valence electrons. The van der Waals surface area contributed by atoms with Crippen LogP contribution in [-0.2, 0) is 0 Å². The molecular formula is C8H4IN3. The first-order valence-electron chi connectivity index (χ1n) is 3.34. The molecule has 0 bridgehead atoms. The number of hydrogen-bond donors (Lipinski definition) is 0. The summed E-state index contributed by atoms with van der Waals surface area (Å²) >= 11 is 2.22. The summed E-state index contributed by atoms with van der Waals surface area (Å²) < 4.78 is 2.97. The molecule has 0 atom stereocenters. The molecule has 2 aromatic heterocycles. The predicted molar refractivity (Wildman–Crippen MR) is 52.6 cm³/mol. The molecule has 0 spiro atoms. The van der Waals surface area contributed by atoms with Crippen molar-refractivity contribution in [3.8, 4) is 6.07 Å². The molecular weight excluding hydrogens is 265 g/mol. The second-order valence-electron chi connectivity index (χ2n) is 2.35. The largest absolute Gasteiger partial charge is 0.305 e. The fourth-order valence-corrected chi connectivity index (χ4v) is 1.50. The van der Waals surface area contributed by atoms with Crippen LogP contribution in [0.15, 0.2) is 24.5 Å². The van der Waals surface area contributed by atoms with Gasteiger partial charge in [-0.25, -0.2) is 4.98 Å². The highest BCUT2D eigenvalue weighted by Crippen LogP contribution is 2.08. The molecule has 0 fully saturated rings. The smallest absolute Gasteiger partial charge is 0.159 e. The van der Waals surface area contributed by atoms with Crippen LogP contribution in [0.2, 0.25) is 0 Å². The van der Waals surface area contributed by atoms with Gasteiger partial charge in [0.05, 0.1) is 0 Å². The first kappa shape index (κ1) is 7.55. The van der Waals surface area contributed by atoms with E-state index in [2.05, 4.69) is 27.6 Å². The third-order valence-corrected chi connectivity index (χ3v) is 2.17. The van der Waals surface area contributed by atoms with Crippen molar-refractivity contribution in [3.63, 3.8) is 0 Å². The summed E-state index contributed by atoms with van der Waals surface area (Å²) in [7, 11) is 0. The van der Waals surface area contributed by atoms with Gasteiger partial charge in [-0.2, -0.15) is 5.26 Å². The van der Waals surface area contributed by atoms with Crippen molar-refractivity contribution >= 4 is 28.2 Å². The number of nitriles is 1. The average Bonchev–Trinajstić information content (AvgIpc) is 2.46. The summed E-state index contributed by atoms with van der Waals surface area (Å²) in [5, 5.41) is 8.58. The minimum absolute atomic E-state index is 0.456. The normalized spacial score (nSPS) is 10.0. The van der Waals surface area contributed by atoms with E-state index in [9.17, 15) is 0 Å². The third kappa shape index (κ3) is 1.16. The minimum atomic E-state index is 0.456. The highest BCUT2D eigenvalue weighted by Gasteiger charge is 1.98. The summed E-state index contributed by atoms with van der Waals surface area (Å²) in [6, 6.07) is 5.86. The highest BCUT2D eigenvalue weighted by atomic mass is 127. The van der Waals surface area contributed by atoms with Gasteiger partial charge in [-0.15, -0.1) is 0 Å². The van der Waals surface area contributed by atoms with E-state index in [4.69, 9.17) is 5.26 Å². The number of hydrogen-bond acceptors (Lipinski definition) is 2. The lowest BCUT2D eigenvalue weighted by atomic mass is 10.5. The third-order valence-electron chi connectivity index (χ3n) is 1.53. The zero-order valence-electron chi connectivity index (χ0n) is 6.03. The molecule has 0 aliphatic rings. The van der Waals surface area contributed by atoms with Crippen molar-refractivity contribution in [1.29, 1.82) is 5.26 Å². The predicted octanol–water partition coefficient (Wildman–Crippen LogP) is 1.81. The Labute approximate surface area is 82.8 Å². The second-order valence-corrected chi connectivity index (χ2v) is 3.60. The SMILES string of the molecule is N#Cc1cn2cc(I)ccc2n1. The molecule has 2 rings (SSSR count). The van der Waals surface area contributed by atoms with Crippen LogP contribution in [0.25, 0.3) is 5.65 Å². The summed E-state index contributed by atoms with van der Waals surface area (Å²) in [5.41, 5.74) is 1.27. The Bertz CT molecular complexity index is 467. The molecule has 3 nitrogen and oxygen atoms in total. The van der Waals surface area contributed by atoms with E-state index in [1.807, 2.05) is 28.8 Å². The molecule has 2 heterocycles. The van der Waals surface area contributed by atoms with Crippen molar-refractivity contribution in [2.45, 2.75) is 0 Å². The fourth-order valence-electron chi connectivity index (χ4n) is 1.02. The quantitative estimate of drug-likeness (QED) is 0.684. The average molecular weight is 269 g/mol. The summed E-state index contributed by atoms with van der Waals surface area (Å²) in [5.74, 6) is 0. The van der Waals surface area contributed by atoms with Crippen LogP contribution in [-0.4, -0.2) is 9.38 Å². The Morgan fingerprint density at radius 3 is 3.00 bits per heavy atom. The maximum Gasteiger partial charge on any atom is 0.159 e. The van der Waals surface area contributed by atoms with E-state index in [0.29, 0.717) is 5.69 Å². The van der Waals surface area contributed by atoms with Crippen LogP contribution in [0.1, 0.15) is 5.69 Å². The van der Waals surface area contributed by atoms with Gasteiger partial charge in [-0.05, 0) is 34.7 Å². The van der Waals surface area contributed by atoms with Crippen LogP contribution in [0.5, 0.6) is 0 Å². The molecule has 0 aliphatic carbocycles. The Kier molecular flexibility index (Phi) is 1.73. The van der Waals surface area contributed by atoms with Crippen molar-refractivity contribution in [2.75, 3.05) is 0 Å². The maximum atomic E-state index is 8.58. The molecule has 2 aromatic rings. The molecule has 4 heteroatoms. The first-order chi connectivity index (χ1) is 5.79. The lowest BCUT2D eigenvalue weighted by molar-refractivity contribution is 1.17. The Balaban J connectivity index is 2.77. The summed E-state index contributed by atoms with van der Waals surface area (Å²) in [6.07, 6.45) is 3.65. The van der Waals surface area contributed by atoms with E-state index in [-0.39, 0.29) is 0 Å². The van der Waals surface area contributed by atoms with Crippen LogP contribution >= 0.6 is 22.6 Å². The van der Waals surface area contributed by atoms with E-state index in [0.717, 1.165) is 9.22 Å². The molecule has 0 saturated carbocycles. The fraction of sp³-hybridized carbons (Fsp3) is 0. The van der Waals surface area contributed by atoms with Crippen LogP contribution in [0.4, 0.5) is 0 Å². The van der Waals surface area contributed by atoms with E-state index in [1.54, 1.807) is 6.20 Å². The Hall–Kier alpha value is -1.09. The molecule has 0 aromatic carbocycles.